The van der Waals surface area contributed by atoms with Gasteiger partial charge >= 0.3 is 6.18 Å². The number of alkyl halides is 3. The van der Waals surface area contributed by atoms with Crippen molar-refractivity contribution < 1.29 is 27.4 Å². The van der Waals surface area contributed by atoms with Gasteiger partial charge in [0.25, 0.3) is 5.91 Å². The van der Waals surface area contributed by atoms with Gasteiger partial charge in [-0.2, -0.15) is 13.2 Å². The molecule has 0 bridgehead atoms. The van der Waals surface area contributed by atoms with Crippen LogP contribution in [0.5, 0.6) is 11.5 Å². The molecule has 0 aliphatic carbocycles. The van der Waals surface area contributed by atoms with Crippen LogP contribution in [0.4, 0.5) is 13.2 Å². The van der Waals surface area contributed by atoms with Gasteiger partial charge in [-0.25, -0.2) is 0 Å². The maximum atomic E-state index is 13.2. The van der Waals surface area contributed by atoms with E-state index in [0.717, 1.165) is 4.90 Å². The van der Waals surface area contributed by atoms with Crippen LogP contribution in [-0.4, -0.2) is 42.4 Å². The summed E-state index contributed by atoms with van der Waals surface area (Å²) in [6.07, 6.45) is -4.50. The summed E-state index contributed by atoms with van der Waals surface area (Å²) in [6.45, 7) is -0.207. The molecule has 126 valence electrons. The number of rotatable bonds is 1. The molecule has 23 heavy (non-hydrogen) atoms. The van der Waals surface area contributed by atoms with E-state index < -0.39 is 24.2 Å². The molecule has 2 atom stereocenters. The Morgan fingerprint density at radius 3 is 2.74 bits per heavy atom. The van der Waals surface area contributed by atoms with Crippen molar-refractivity contribution in [2.24, 2.45) is 5.73 Å². The van der Waals surface area contributed by atoms with Gasteiger partial charge in [0.15, 0.2) is 11.5 Å². The first-order valence-corrected chi connectivity index (χ1v) is 7.37. The van der Waals surface area contributed by atoms with E-state index in [4.69, 9.17) is 26.8 Å². The fraction of sp³-hybridized carbons (Fsp3) is 0.500. The number of nitrogens with two attached hydrogens (primary N) is 1. The summed E-state index contributed by atoms with van der Waals surface area (Å²) in [5.74, 6) is -0.251. The van der Waals surface area contributed by atoms with Crippen molar-refractivity contribution in [1.29, 1.82) is 0 Å². The lowest BCUT2D eigenvalue weighted by Gasteiger charge is -2.39. The van der Waals surface area contributed by atoms with Crippen LogP contribution in [0.2, 0.25) is 5.02 Å². The predicted octanol–water partition coefficient (Wildman–Crippen LogP) is 2.56. The number of benzene rings is 1. The number of carbonyl (C=O) groups excluding carboxylic acids is 1. The van der Waals surface area contributed by atoms with Crippen molar-refractivity contribution in [3.8, 4) is 11.5 Å². The lowest BCUT2D eigenvalue weighted by Crippen LogP contribution is -2.56. The van der Waals surface area contributed by atoms with Crippen molar-refractivity contribution in [2.75, 3.05) is 13.3 Å². The number of piperidine rings is 1. The molecule has 0 spiro atoms. The Labute approximate surface area is 135 Å². The number of hydrogen-bond donors (Lipinski definition) is 1. The van der Waals surface area contributed by atoms with E-state index in [-0.39, 0.29) is 48.3 Å². The second-order valence-electron chi connectivity index (χ2n) is 5.54. The smallest absolute Gasteiger partial charge is 0.408 e. The summed E-state index contributed by atoms with van der Waals surface area (Å²) < 4.78 is 49.8. The highest BCUT2D eigenvalue weighted by Crippen LogP contribution is 2.41. The highest BCUT2D eigenvalue weighted by atomic mass is 35.5. The molecule has 1 fully saturated rings. The zero-order chi connectivity index (χ0) is 16.8. The van der Waals surface area contributed by atoms with Gasteiger partial charge in [-0.1, -0.05) is 11.6 Å². The van der Waals surface area contributed by atoms with Gasteiger partial charge in [0.05, 0.1) is 5.02 Å². The van der Waals surface area contributed by atoms with Crippen LogP contribution in [-0.2, 0) is 0 Å². The normalized spacial score (nSPS) is 24.0. The maximum absolute atomic E-state index is 13.2. The number of fused-ring (bicyclic) bond motifs is 1. The predicted molar refractivity (Wildman–Crippen MR) is 75.7 cm³/mol. The van der Waals surface area contributed by atoms with Crippen molar-refractivity contribution >= 4 is 17.5 Å². The molecule has 0 saturated carbocycles. The molecular formula is C14H14ClF3N2O3. The Bertz CT molecular complexity index is 638. The van der Waals surface area contributed by atoms with Gasteiger partial charge in [0.2, 0.25) is 6.79 Å². The molecule has 3 rings (SSSR count). The minimum atomic E-state index is -4.50. The Kier molecular flexibility index (Phi) is 4.05. The van der Waals surface area contributed by atoms with Gasteiger partial charge in [-0.15, -0.1) is 0 Å². The summed E-state index contributed by atoms with van der Waals surface area (Å²) in [5.41, 5.74) is 5.75. The number of likely N-dealkylation sites (tertiary alicyclic amines) is 1. The molecule has 1 saturated heterocycles. The molecule has 1 aromatic rings. The Morgan fingerprint density at radius 2 is 2.04 bits per heavy atom. The van der Waals surface area contributed by atoms with E-state index in [1.165, 1.54) is 12.1 Å². The lowest BCUT2D eigenvalue weighted by molar-refractivity contribution is -0.184. The van der Waals surface area contributed by atoms with E-state index >= 15 is 0 Å². The molecule has 1 amide bonds. The van der Waals surface area contributed by atoms with Crippen LogP contribution in [0.3, 0.4) is 0 Å². The fourth-order valence-corrected chi connectivity index (χ4v) is 3.09. The lowest BCUT2D eigenvalue weighted by atomic mass is 9.97. The zero-order valence-corrected chi connectivity index (χ0v) is 12.7. The second-order valence-corrected chi connectivity index (χ2v) is 5.95. The fourth-order valence-electron chi connectivity index (χ4n) is 2.82. The first kappa shape index (κ1) is 16.2. The number of hydrogen-bond acceptors (Lipinski definition) is 4. The van der Waals surface area contributed by atoms with Gasteiger partial charge in [-0.05, 0) is 25.0 Å². The third kappa shape index (κ3) is 3.05. The quantitative estimate of drug-likeness (QED) is 0.845. The minimum Gasteiger partial charge on any atom is -0.454 e. The Hall–Kier alpha value is -1.67. The van der Waals surface area contributed by atoms with Crippen molar-refractivity contribution in [2.45, 2.75) is 31.1 Å². The van der Waals surface area contributed by atoms with Crippen LogP contribution < -0.4 is 15.2 Å². The van der Waals surface area contributed by atoms with E-state index in [1.54, 1.807) is 0 Å². The molecule has 2 aliphatic rings. The molecule has 2 aliphatic heterocycles. The largest absolute Gasteiger partial charge is 0.454 e. The van der Waals surface area contributed by atoms with Crippen LogP contribution in [0, 0.1) is 0 Å². The molecule has 2 unspecified atom stereocenters. The standard InChI is InChI=1S/C14H14ClF3N2O3/c15-9-3-7(4-10-12(9)23-6-22-10)13(21)20-5-8(19)1-2-11(20)14(16,17)18/h3-4,8,11H,1-2,5-6,19H2. The van der Waals surface area contributed by atoms with Crippen molar-refractivity contribution in [1.82, 2.24) is 4.90 Å². The van der Waals surface area contributed by atoms with Crippen LogP contribution in [0.25, 0.3) is 0 Å². The molecule has 0 aromatic heterocycles. The SMILES string of the molecule is NC1CCC(C(F)(F)F)N(C(=O)c2cc(Cl)c3c(c2)OCO3)C1. The monoisotopic (exact) mass is 350 g/mol. The summed E-state index contributed by atoms with van der Waals surface area (Å²) >= 11 is 5.99. The molecule has 9 heteroatoms. The maximum Gasteiger partial charge on any atom is 0.408 e. The minimum absolute atomic E-state index is 0.0163. The van der Waals surface area contributed by atoms with Crippen molar-refractivity contribution in [3.63, 3.8) is 0 Å². The number of halogens is 4. The van der Waals surface area contributed by atoms with Gasteiger partial charge in [0.1, 0.15) is 6.04 Å². The third-order valence-corrected chi connectivity index (χ3v) is 4.21. The van der Waals surface area contributed by atoms with Crippen LogP contribution in [0.1, 0.15) is 23.2 Å². The van der Waals surface area contributed by atoms with Gasteiger partial charge in [0, 0.05) is 18.2 Å². The van der Waals surface area contributed by atoms with Gasteiger partial charge < -0.3 is 20.1 Å². The third-order valence-electron chi connectivity index (χ3n) is 3.93. The molecule has 2 heterocycles. The highest BCUT2D eigenvalue weighted by Gasteiger charge is 2.47. The van der Waals surface area contributed by atoms with Crippen LogP contribution in [0.15, 0.2) is 12.1 Å². The second kappa shape index (κ2) is 5.76. The van der Waals surface area contributed by atoms with E-state index in [0.29, 0.717) is 0 Å². The number of ether oxygens (including phenoxy) is 2. The Morgan fingerprint density at radius 1 is 1.30 bits per heavy atom. The molecular weight excluding hydrogens is 337 g/mol. The molecule has 2 N–H and O–H groups in total. The van der Waals surface area contributed by atoms with E-state index in [2.05, 4.69) is 0 Å². The summed E-state index contributed by atoms with van der Waals surface area (Å²) in [4.78, 5) is 13.3. The molecule has 1 aromatic carbocycles. The average Bonchev–Trinajstić information content (AvgIpc) is 2.94. The number of nitrogens with zero attached hydrogens (tertiary/aromatic N) is 1. The number of carbonyl (C=O) groups is 1. The highest BCUT2D eigenvalue weighted by molar-refractivity contribution is 6.32. The zero-order valence-electron chi connectivity index (χ0n) is 11.9. The average molecular weight is 351 g/mol. The summed E-state index contributed by atoms with van der Waals surface area (Å²) in [7, 11) is 0. The molecule has 5 nitrogen and oxygen atoms in total. The van der Waals surface area contributed by atoms with Crippen LogP contribution >= 0.6 is 11.6 Å². The summed E-state index contributed by atoms with van der Waals surface area (Å²) in [6, 6.07) is 0.288. The number of amides is 1. The first-order chi connectivity index (χ1) is 10.8. The Balaban J connectivity index is 1.93. The van der Waals surface area contributed by atoms with Gasteiger partial charge in [-0.3, -0.25) is 4.79 Å². The topological polar surface area (TPSA) is 64.8 Å². The first-order valence-electron chi connectivity index (χ1n) is 7.00. The van der Waals surface area contributed by atoms with Crippen molar-refractivity contribution in [3.05, 3.63) is 22.7 Å². The van der Waals surface area contributed by atoms with E-state index in [1.807, 2.05) is 0 Å². The molecule has 0 radical (unpaired) electrons. The summed E-state index contributed by atoms with van der Waals surface area (Å²) in [5, 5.41) is 0.119. The van der Waals surface area contributed by atoms with E-state index in [9.17, 15) is 18.0 Å².